The van der Waals surface area contributed by atoms with Gasteiger partial charge >= 0.3 is 0 Å². The molecule has 27 heavy (non-hydrogen) atoms. The normalized spacial score (nSPS) is 11.3. The van der Waals surface area contributed by atoms with Crippen LogP contribution >= 0.6 is 0 Å². The number of carbonyl (C=O) groups is 1. The van der Waals surface area contributed by atoms with Crippen LogP contribution in [-0.4, -0.2) is 28.4 Å². The second-order valence-electron chi connectivity index (χ2n) is 6.27. The van der Waals surface area contributed by atoms with Gasteiger partial charge in [0.1, 0.15) is 17.2 Å². The number of ether oxygens (including phenoxy) is 1. The average Bonchev–Trinajstić information content (AvgIpc) is 2.68. The van der Waals surface area contributed by atoms with E-state index in [1.54, 1.807) is 31.2 Å². The highest BCUT2D eigenvalue weighted by Crippen LogP contribution is 2.22. The first kappa shape index (κ1) is 20.3. The number of carbonyl (C=O) groups excluding carboxylic acids is 1. The fourth-order valence-electron chi connectivity index (χ4n) is 2.49. The van der Waals surface area contributed by atoms with Gasteiger partial charge in [-0.05, 0) is 55.8 Å². The minimum Gasteiger partial charge on any atom is -0.508 e. The maximum Gasteiger partial charge on any atom is 0.271 e. The average molecular weight is 370 g/mol. The number of rotatable bonds is 9. The number of amides is 1. The fraction of sp³-hybridized carbons (Fsp3) is 0.333. The first-order chi connectivity index (χ1) is 13.0. The molecule has 0 fully saturated rings. The third-order valence-corrected chi connectivity index (χ3v) is 4.08. The molecular weight excluding hydrogens is 344 g/mol. The molecule has 0 atom stereocenters. The lowest BCUT2D eigenvalue weighted by Crippen LogP contribution is -2.19. The molecule has 0 unspecified atom stereocenters. The molecule has 0 saturated carbocycles. The molecule has 2 rings (SSSR count). The van der Waals surface area contributed by atoms with Gasteiger partial charge in [-0.2, -0.15) is 5.10 Å². The Labute approximate surface area is 159 Å². The van der Waals surface area contributed by atoms with Crippen LogP contribution in [0.15, 0.2) is 47.6 Å². The third-order valence-electron chi connectivity index (χ3n) is 4.08. The van der Waals surface area contributed by atoms with Crippen molar-refractivity contribution in [3.05, 3.63) is 53.6 Å². The van der Waals surface area contributed by atoms with Gasteiger partial charge in [0.15, 0.2) is 0 Å². The molecule has 0 bridgehead atoms. The molecule has 0 spiro atoms. The number of phenols is 2. The van der Waals surface area contributed by atoms with Crippen LogP contribution in [0.4, 0.5) is 0 Å². The summed E-state index contributed by atoms with van der Waals surface area (Å²) in [6.45, 7) is 4.47. The van der Waals surface area contributed by atoms with Gasteiger partial charge in [-0.25, -0.2) is 5.43 Å². The van der Waals surface area contributed by atoms with Crippen LogP contribution < -0.4 is 10.2 Å². The Hall–Kier alpha value is -3.02. The Morgan fingerprint density at radius 2 is 1.81 bits per heavy atom. The van der Waals surface area contributed by atoms with Gasteiger partial charge in [0, 0.05) is 11.1 Å². The third kappa shape index (κ3) is 6.33. The summed E-state index contributed by atoms with van der Waals surface area (Å²) < 4.78 is 5.66. The number of nitrogens with zero attached hydrogens (tertiary/aromatic N) is 1. The van der Waals surface area contributed by atoms with Gasteiger partial charge in [-0.1, -0.05) is 26.2 Å². The topological polar surface area (TPSA) is 91.2 Å². The van der Waals surface area contributed by atoms with Gasteiger partial charge < -0.3 is 14.9 Å². The quantitative estimate of drug-likeness (QED) is 0.267. The summed E-state index contributed by atoms with van der Waals surface area (Å²) in [6.07, 6.45) is 4.58. The maximum absolute atomic E-state index is 12.2. The molecular formula is C21H26N2O4. The maximum atomic E-state index is 12.2. The smallest absolute Gasteiger partial charge is 0.271 e. The first-order valence-corrected chi connectivity index (χ1v) is 9.11. The number of hydrogen-bond acceptors (Lipinski definition) is 5. The minimum absolute atomic E-state index is 0.00830. The van der Waals surface area contributed by atoms with Gasteiger partial charge in [0.05, 0.1) is 12.3 Å². The molecule has 144 valence electrons. The van der Waals surface area contributed by atoms with E-state index in [4.69, 9.17) is 4.74 Å². The van der Waals surface area contributed by atoms with E-state index in [0.29, 0.717) is 23.4 Å². The molecule has 3 N–H and O–H groups in total. The lowest BCUT2D eigenvalue weighted by Gasteiger charge is -2.07. The second kappa shape index (κ2) is 10.2. The van der Waals surface area contributed by atoms with Crippen LogP contribution in [0.1, 0.15) is 55.5 Å². The molecule has 0 aliphatic carbocycles. The number of hydrazone groups is 1. The van der Waals surface area contributed by atoms with Crippen molar-refractivity contribution in [3.63, 3.8) is 0 Å². The molecule has 2 aromatic rings. The van der Waals surface area contributed by atoms with E-state index in [-0.39, 0.29) is 17.4 Å². The van der Waals surface area contributed by atoms with Crippen LogP contribution in [0.5, 0.6) is 17.2 Å². The number of nitrogens with one attached hydrogen (secondary N) is 1. The molecule has 0 heterocycles. The summed E-state index contributed by atoms with van der Waals surface area (Å²) in [6, 6.07) is 11.0. The number of benzene rings is 2. The highest BCUT2D eigenvalue weighted by Gasteiger charge is 2.08. The molecule has 0 aromatic heterocycles. The summed E-state index contributed by atoms with van der Waals surface area (Å²) in [5, 5.41) is 23.3. The molecule has 6 heteroatoms. The van der Waals surface area contributed by atoms with Crippen molar-refractivity contribution in [2.75, 3.05) is 6.61 Å². The summed E-state index contributed by atoms with van der Waals surface area (Å²) in [5.41, 5.74) is 3.62. The van der Waals surface area contributed by atoms with Crippen molar-refractivity contribution >= 4 is 11.6 Å². The summed E-state index contributed by atoms with van der Waals surface area (Å²) >= 11 is 0. The Morgan fingerprint density at radius 1 is 1.07 bits per heavy atom. The van der Waals surface area contributed by atoms with Gasteiger partial charge in [0.25, 0.3) is 5.91 Å². The van der Waals surface area contributed by atoms with Crippen molar-refractivity contribution < 1.29 is 19.7 Å². The van der Waals surface area contributed by atoms with Crippen LogP contribution in [0.25, 0.3) is 0 Å². The number of phenolic OH excluding ortho intramolecular Hbond substituents is 2. The molecule has 0 radical (unpaired) electrons. The van der Waals surface area contributed by atoms with Crippen molar-refractivity contribution in [1.29, 1.82) is 0 Å². The zero-order chi connectivity index (χ0) is 19.6. The molecule has 6 nitrogen and oxygen atoms in total. The standard InChI is InChI=1S/C21H26N2O4/c1-3-4-5-6-13-27-18-10-7-16(8-11-18)21(26)23-22-15(2)19-14-17(24)9-12-20(19)25/h7-12,14,24-25H,3-6,13H2,1-2H3,(H,23,26)/b22-15-. The van der Waals surface area contributed by atoms with Crippen molar-refractivity contribution in [2.24, 2.45) is 5.10 Å². The van der Waals surface area contributed by atoms with E-state index in [1.165, 1.54) is 31.0 Å². The van der Waals surface area contributed by atoms with E-state index < -0.39 is 0 Å². The van der Waals surface area contributed by atoms with E-state index in [1.807, 2.05) is 0 Å². The summed E-state index contributed by atoms with van der Waals surface area (Å²) in [4.78, 5) is 12.2. The molecule has 0 aliphatic heterocycles. The van der Waals surface area contributed by atoms with Crippen molar-refractivity contribution in [3.8, 4) is 17.2 Å². The highest BCUT2D eigenvalue weighted by atomic mass is 16.5. The minimum atomic E-state index is -0.372. The zero-order valence-electron chi connectivity index (χ0n) is 15.7. The van der Waals surface area contributed by atoms with Crippen LogP contribution in [0.3, 0.4) is 0 Å². The Balaban J connectivity index is 1.91. The van der Waals surface area contributed by atoms with Gasteiger partial charge in [-0.15, -0.1) is 0 Å². The van der Waals surface area contributed by atoms with Crippen molar-refractivity contribution in [1.82, 2.24) is 5.43 Å². The first-order valence-electron chi connectivity index (χ1n) is 9.11. The lowest BCUT2D eigenvalue weighted by molar-refractivity contribution is 0.0954. The van der Waals surface area contributed by atoms with E-state index in [0.717, 1.165) is 18.6 Å². The van der Waals surface area contributed by atoms with Crippen LogP contribution in [0.2, 0.25) is 0 Å². The predicted molar refractivity (Wildman–Crippen MR) is 106 cm³/mol. The SMILES string of the molecule is CCCCCCOc1ccc(C(=O)N/N=C(/C)c2cc(O)ccc2O)cc1. The number of unbranched alkanes of at least 4 members (excludes halogenated alkanes) is 3. The largest absolute Gasteiger partial charge is 0.508 e. The highest BCUT2D eigenvalue weighted by molar-refractivity contribution is 6.02. The number of hydrogen-bond donors (Lipinski definition) is 3. The van der Waals surface area contributed by atoms with Crippen molar-refractivity contribution in [2.45, 2.75) is 39.5 Å². The van der Waals surface area contributed by atoms with Crippen LogP contribution in [-0.2, 0) is 0 Å². The molecule has 1 amide bonds. The molecule has 2 aromatic carbocycles. The summed E-state index contributed by atoms with van der Waals surface area (Å²) in [7, 11) is 0. The lowest BCUT2D eigenvalue weighted by atomic mass is 10.1. The Morgan fingerprint density at radius 3 is 2.52 bits per heavy atom. The molecule has 0 saturated heterocycles. The second-order valence-corrected chi connectivity index (χ2v) is 6.27. The van der Waals surface area contributed by atoms with Crippen LogP contribution in [0, 0.1) is 0 Å². The predicted octanol–water partition coefficient (Wildman–Crippen LogP) is 4.21. The Kier molecular flexibility index (Phi) is 7.67. The zero-order valence-corrected chi connectivity index (χ0v) is 15.7. The van der Waals surface area contributed by atoms with E-state index in [2.05, 4.69) is 17.5 Å². The van der Waals surface area contributed by atoms with E-state index in [9.17, 15) is 15.0 Å². The fourth-order valence-corrected chi connectivity index (χ4v) is 2.49. The molecule has 0 aliphatic rings. The monoisotopic (exact) mass is 370 g/mol. The number of aromatic hydroxyl groups is 2. The van der Waals surface area contributed by atoms with E-state index >= 15 is 0 Å². The summed E-state index contributed by atoms with van der Waals surface area (Å²) in [5.74, 6) is 0.341. The van der Waals surface area contributed by atoms with Gasteiger partial charge in [-0.3, -0.25) is 4.79 Å². The van der Waals surface area contributed by atoms with Gasteiger partial charge in [0.2, 0.25) is 0 Å². The Bertz CT molecular complexity index is 785.